The number of carbonyl (C=O) groups excluding carboxylic acids is 4. The zero-order valence-electron chi connectivity index (χ0n) is 24.6. The lowest BCUT2D eigenvalue weighted by Gasteiger charge is -2.60. The number of ketones is 1. The Kier molecular flexibility index (Phi) is 6.88. The molecule has 0 amide bonds. The molecule has 2 bridgehead atoms. The Morgan fingerprint density at radius 3 is 2.22 bits per heavy atom. The summed E-state index contributed by atoms with van der Waals surface area (Å²) in [5.74, 6) is -2.86. The molecule has 0 radical (unpaired) electrons. The minimum Gasteiger partial charge on any atom is -0.458 e. The number of aliphatic hydroxyl groups excluding tert-OH is 1. The van der Waals surface area contributed by atoms with Crippen LogP contribution in [0.15, 0.2) is 48.6 Å². The number of benzene rings is 1. The van der Waals surface area contributed by atoms with Crippen molar-refractivity contribution in [3.8, 4) is 0 Å². The normalized spacial score (nSPS) is 40.6. The highest BCUT2D eigenvalue weighted by Gasteiger charge is 2.91. The Labute approximate surface area is 241 Å². The molecule has 0 aliphatic heterocycles. The molecule has 8 nitrogen and oxygen atoms in total. The lowest BCUT2D eigenvalue weighted by molar-refractivity contribution is -0.194. The Balaban J connectivity index is 1.67. The standard InChI is InChI=1S/C33H40O8/c1-18-24(36)17-23-27(38)32-19(2)25(41-26(37)14-13-22-11-9-8-10-12-22)15-16-31(32,7)28(39-20(3)34)29(40-21(4)35)33(18,32)30(23,5)6/h8-14,18,23,25,27-29,38H,2,15-17H2,1,3-7H3/b14-13+/t18-,23+,25+,27-,28+,29+,31+,32+,33-/m1/s1. The van der Waals surface area contributed by atoms with Crippen molar-refractivity contribution < 1.29 is 38.5 Å². The fourth-order valence-electron chi connectivity index (χ4n) is 9.88. The average Bonchev–Trinajstić information content (AvgIpc) is 3.14. The van der Waals surface area contributed by atoms with Crippen LogP contribution >= 0.6 is 0 Å². The zero-order chi connectivity index (χ0) is 30.1. The van der Waals surface area contributed by atoms with Crippen molar-refractivity contribution in [3.05, 3.63) is 54.1 Å². The van der Waals surface area contributed by atoms with E-state index in [1.807, 2.05) is 58.0 Å². The summed E-state index contributed by atoms with van der Waals surface area (Å²) in [6.07, 6.45) is 0.123. The first kappa shape index (κ1) is 29.2. The van der Waals surface area contributed by atoms with Gasteiger partial charge in [-0.15, -0.1) is 0 Å². The van der Waals surface area contributed by atoms with E-state index in [9.17, 15) is 24.3 Å². The molecule has 1 aromatic carbocycles. The Morgan fingerprint density at radius 1 is 1.00 bits per heavy atom. The van der Waals surface area contributed by atoms with Crippen molar-refractivity contribution in [1.82, 2.24) is 0 Å². The van der Waals surface area contributed by atoms with Gasteiger partial charge in [-0.05, 0) is 41.4 Å². The molecule has 8 heteroatoms. The van der Waals surface area contributed by atoms with Crippen molar-refractivity contribution in [1.29, 1.82) is 0 Å². The van der Waals surface area contributed by atoms with Crippen LogP contribution in [-0.4, -0.2) is 53.2 Å². The Morgan fingerprint density at radius 2 is 1.61 bits per heavy atom. The molecule has 4 fully saturated rings. The summed E-state index contributed by atoms with van der Waals surface area (Å²) in [6.45, 7) is 14.8. The zero-order valence-corrected chi connectivity index (χ0v) is 24.6. The van der Waals surface area contributed by atoms with Crippen LogP contribution < -0.4 is 0 Å². The summed E-state index contributed by atoms with van der Waals surface area (Å²) in [7, 11) is 0. The van der Waals surface area contributed by atoms with E-state index >= 15 is 0 Å². The highest BCUT2D eigenvalue weighted by Crippen LogP contribution is 2.86. The number of carbonyl (C=O) groups is 4. The first-order valence-electron chi connectivity index (χ1n) is 14.4. The summed E-state index contributed by atoms with van der Waals surface area (Å²) < 4.78 is 18.1. The van der Waals surface area contributed by atoms with E-state index in [0.717, 1.165) is 5.56 Å². The van der Waals surface area contributed by atoms with Gasteiger partial charge in [0, 0.05) is 48.5 Å². The molecule has 5 rings (SSSR count). The van der Waals surface area contributed by atoms with Gasteiger partial charge in [-0.2, -0.15) is 0 Å². The van der Waals surface area contributed by atoms with Gasteiger partial charge in [0.1, 0.15) is 24.1 Å². The molecular formula is C33H40O8. The maximum Gasteiger partial charge on any atom is 0.331 e. The summed E-state index contributed by atoms with van der Waals surface area (Å²) in [5.41, 5.74) is -2.82. The van der Waals surface area contributed by atoms with E-state index in [0.29, 0.717) is 18.4 Å². The van der Waals surface area contributed by atoms with E-state index in [1.54, 1.807) is 6.08 Å². The average molecular weight is 565 g/mol. The molecule has 4 aliphatic rings. The van der Waals surface area contributed by atoms with Crippen LogP contribution in [-0.2, 0) is 33.4 Å². The monoisotopic (exact) mass is 564 g/mol. The minimum atomic E-state index is -1.26. The van der Waals surface area contributed by atoms with Gasteiger partial charge in [-0.1, -0.05) is 64.6 Å². The first-order valence-corrected chi connectivity index (χ1v) is 14.4. The molecule has 4 saturated carbocycles. The van der Waals surface area contributed by atoms with Crippen LogP contribution in [0.1, 0.15) is 66.4 Å². The van der Waals surface area contributed by atoms with Gasteiger partial charge in [0.15, 0.2) is 0 Å². The molecule has 4 aliphatic carbocycles. The number of hydrogen-bond donors (Lipinski definition) is 1. The molecule has 220 valence electrons. The number of aliphatic hydroxyl groups is 1. The molecule has 0 aromatic heterocycles. The summed E-state index contributed by atoms with van der Waals surface area (Å²) in [5, 5.41) is 12.4. The quantitative estimate of drug-likeness (QED) is 0.242. The lowest BCUT2D eigenvalue weighted by atomic mass is 9.42. The van der Waals surface area contributed by atoms with Crippen molar-refractivity contribution in [2.75, 3.05) is 0 Å². The van der Waals surface area contributed by atoms with Crippen LogP contribution in [0.2, 0.25) is 0 Å². The van der Waals surface area contributed by atoms with Gasteiger partial charge in [-0.3, -0.25) is 14.4 Å². The van der Waals surface area contributed by atoms with E-state index in [-0.39, 0.29) is 12.2 Å². The molecule has 9 atom stereocenters. The number of fused-ring (bicyclic) bond motifs is 1. The lowest BCUT2D eigenvalue weighted by Crippen LogP contribution is -2.63. The van der Waals surface area contributed by atoms with Crippen LogP contribution in [0, 0.1) is 33.5 Å². The maximum atomic E-state index is 13.7. The minimum absolute atomic E-state index is 0.0501. The highest BCUT2D eigenvalue weighted by molar-refractivity contribution is 5.88. The van der Waals surface area contributed by atoms with E-state index in [1.165, 1.54) is 19.9 Å². The van der Waals surface area contributed by atoms with Gasteiger partial charge in [0.25, 0.3) is 0 Å². The second-order valence-electron chi connectivity index (χ2n) is 13.1. The summed E-state index contributed by atoms with van der Waals surface area (Å²) >= 11 is 0. The number of rotatable bonds is 5. The second kappa shape index (κ2) is 9.65. The predicted molar refractivity (Wildman–Crippen MR) is 150 cm³/mol. The molecule has 1 aromatic rings. The third-order valence-electron chi connectivity index (χ3n) is 11.2. The van der Waals surface area contributed by atoms with E-state index in [2.05, 4.69) is 6.58 Å². The molecular weight excluding hydrogens is 524 g/mol. The van der Waals surface area contributed by atoms with Crippen LogP contribution in [0.25, 0.3) is 6.08 Å². The van der Waals surface area contributed by atoms with Gasteiger partial charge >= 0.3 is 17.9 Å². The van der Waals surface area contributed by atoms with Crippen molar-refractivity contribution >= 4 is 29.8 Å². The predicted octanol–water partition coefficient (Wildman–Crippen LogP) is 4.44. The second-order valence-corrected chi connectivity index (χ2v) is 13.1. The number of esters is 3. The van der Waals surface area contributed by atoms with Crippen molar-refractivity contribution in [2.24, 2.45) is 33.5 Å². The molecule has 41 heavy (non-hydrogen) atoms. The van der Waals surface area contributed by atoms with Gasteiger partial charge in [0.05, 0.1) is 6.10 Å². The maximum absolute atomic E-state index is 13.7. The fraction of sp³-hybridized carbons (Fsp3) is 0.576. The van der Waals surface area contributed by atoms with Crippen molar-refractivity contribution in [3.63, 3.8) is 0 Å². The third kappa shape index (κ3) is 3.62. The SMILES string of the molecule is C=C1[C@@H](OC(=O)/C=C/c2ccccc2)CC[C@@]2(C)[C@@H](OC(C)=O)[C@H](OC(C)=O)[C@@]34[C@H](C)C(=O)C[C@@H]([C@@H](O)[C@]132)C4(C)C. The van der Waals surface area contributed by atoms with Gasteiger partial charge < -0.3 is 19.3 Å². The summed E-state index contributed by atoms with van der Waals surface area (Å²) in [4.78, 5) is 51.9. The molecule has 0 saturated heterocycles. The van der Waals surface area contributed by atoms with E-state index < -0.39 is 75.8 Å². The third-order valence-corrected chi connectivity index (χ3v) is 11.2. The Hall–Kier alpha value is -3.26. The number of Topliss-reactive ketones (excluding diaryl/α,β-unsaturated/α-hetero) is 1. The fourth-order valence-corrected chi connectivity index (χ4v) is 9.88. The molecule has 0 unspecified atom stereocenters. The molecule has 1 N–H and O–H groups in total. The summed E-state index contributed by atoms with van der Waals surface area (Å²) in [6, 6.07) is 9.37. The molecule has 0 heterocycles. The number of ether oxygens (including phenoxy) is 3. The topological polar surface area (TPSA) is 116 Å². The number of hydrogen-bond acceptors (Lipinski definition) is 8. The van der Waals surface area contributed by atoms with Crippen LogP contribution in [0.3, 0.4) is 0 Å². The van der Waals surface area contributed by atoms with Gasteiger partial charge in [0.2, 0.25) is 0 Å². The van der Waals surface area contributed by atoms with Crippen molar-refractivity contribution in [2.45, 2.75) is 85.2 Å². The molecule has 2 spiro atoms. The van der Waals surface area contributed by atoms with Crippen LogP contribution in [0.5, 0.6) is 0 Å². The Bertz CT molecular complexity index is 1330. The van der Waals surface area contributed by atoms with Gasteiger partial charge in [-0.25, -0.2) is 4.79 Å². The van der Waals surface area contributed by atoms with E-state index in [4.69, 9.17) is 14.2 Å². The highest BCUT2D eigenvalue weighted by atomic mass is 16.6. The largest absolute Gasteiger partial charge is 0.458 e. The smallest absolute Gasteiger partial charge is 0.331 e. The van der Waals surface area contributed by atoms with Crippen LogP contribution in [0.4, 0.5) is 0 Å². The first-order chi connectivity index (χ1) is 19.2.